The lowest BCUT2D eigenvalue weighted by molar-refractivity contribution is 0.145. The Kier molecular flexibility index (Phi) is 3.47. The number of nitrogens with zero attached hydrogens (tertiary/aromatic N) is 4. The van der Waals surface area contributed by atoms with Crippen LogP contribution in [0.4, 0.5) is 5.82 Å². The average Bonchev–Trinajstić information content (AvgIpc) is 2.48. The molecule has 0 spiro atoms. The van der Waals surface area contributed by atoms with E-state index < -0.39 is 0 Å². The number of rotatable bonds is 2. The zero-order valence-corrected chi connectivity index (χ0v) is 11.0. The molecule has 104 valence electrons. The Bertz CT molecular complexity index is 597. The summed E-state index contributed by atoms with van der Waals surface area (Å²) in [5.74, 6) is 1.47. The lowest BCUT2D eigenvalue weighted by Crippen LogP contribution is -2.36. The van der Waals surface area contributed by atoms with E-state index >= 15 is 0 Å². The molecule has 2 N–H and O–H groups in total. The predicted molar refractivity (Wildman–Crippen MR) is 74.4 cm³/mol. The summed E-state index contributed by atoms with van der Waals surface area (Å²) >= 11 is 0. The molecule has 6 nitrogen and oxygen atoms in total. The van der Waals surface area contributed by atoms with Crippen molar-refractivity contribution in [1.82, 2.24) is 15.0 Å². The summed E-state index contributed by atoms with van der Waals surface area (Å²) in [6, 6.07) is 3.45. The molecule has 0 amide bonds. The van der Waals surface area contributed by atoms with Crippen molar-refractivity contribution in [3.8, 4) is 17.1 Å². The normalized spacial score (nSPS) is 16.4. The molecule has 0 aromatic carbocycles. The molecular formula is C14H16N4O2. The van der Waals surface area contributed by atoms with Crippen LogP contribution in [0.25, 0.3) is 11.4 Å². The van der Waals surface area contributed by atoms with Crippen LogP contribution in [0.1, 0.15) is 12.8 Å². The van der Waals surface area contributed by atoms with E-state index in [1.807, 2.05) is 6.07 Å². The molecule has 1 saturated heterocycles. The third-order valence-corrected chi connectivity index (χ3v) is 3.41. The highest BCUT2D eigenvalue weighted by atomic mass is 16.3. The smallest absolute Gasteiger partial charge is 0.163 e. The second-order valence-electron chi connectivity index (χ2n) is 4.89. The Labute approximate surface area is 116 Å². The minimum absolute atomic E-state index is 0.0950. The molecule has 0 aliphatic carbocycles. The van der Waals surface area contributed by atoms with Gasteiger partial charge in [-0.15, -0.1) is 0 Å². The van der Waals surface area contributed by atoms with Crippen molar-refractivity contribution in [3.63, 3.8) is 0 Å². The largest absolute Gasteiger partial charge is 0.506 e. The molecular weight excluding hydrogens is 256 g/mol. The fourth-order valence-corrected chi connectivity index (χ4v) is 2.31. The van der Waals surface area contributed by atoms with Crippen LogP contribution in [0.5, 0.6) is 5.75 Å². The van der Waals surface area contributed by atoms with E-state index in [1.165, 1.54) is 6.20 Å². The summed E-state index contributed by atoms with van der Waals surface area (Å²) < 4.78 is 0. The van der Waals surface area contributed by atoms with E-state index in [-0.39, 0.29) is 11.9 Å². The standard InChI is InChI=1S/C14H16N4O2/c19-11-2-5-18(6-3-11)13-1-4-16-14(17-13)10-7-12(20)9-15-8-10/h1,4,7-9,11,19-20H,2-3,5-6H2. The second kappa shape index (κ2) is 5.42. The fraction of sp³-hybridized carbons (Fsp3) is 0.357. The number of hydrogen-bond acceptors (Lipinski definition) is 6. The van der Waals surface area contributed by atoms with Gasteiger partial charge < -0.3 is 15.1 Å². The van der Waals surface area contributed by atoms with Gasteiger partial charge in [0, 0.05) is 31.0 Å². The molecule has 6 heteroatoms. The number of aromatic hydroxyl groups is 1. The van der Waals surface area contributed by atoms with Gasteiger partial charge in [-0.3, -0.25) is 4.98 Å². The van der Waals surface area contributed by atoms with E-state index in [0.717, 1.165) is 31.7 Å². The molecule has 1 aliphatic rings. The molecule has 2 aromatic heterocycles. The molecule has 0 bridgehead atoms. The Morgan fingerprint density at radius 3 is 2.75 bits per heavy atom. The van der Waals surface area contributed by atoms with Gasteiger partial charge in [0.2, 0.25) is 0 Å². The highest BCUT2D eigenvalue weighted by molar-refractivity contribution is 5.57. The van der Waals surface area contributed by atoms with Crippen LogP contribution < -0.4 is 4.90 Å². The highest BCUT2D eigenvalue weighted by Gasteiger charge is 2.18. The molecule has 1 aliphatic heterocycles. The molecule has 0 unspecified atom stereocenters. The Hall–Kier alpha value is -2.21. The van der Waals surface area contributed by atoms with Crippen LogP contribution in [0.15, 0.2) is 30.7 Å². The van der Waals surface area contributed by atoms with Crippen molar-refractivity contribution < 1.29 is 10.2 Å². The van der Waals surface area contributed by atoms with Crippen molar-refractivity contribution >= 4 is 5.82 Å². The van der Waals surface area contributed by atoms with Crippen LogP contribution in [0.3, 0.4) is 0 Å². The topological polar surface area (TPSA) is 82.4 Å². The van der Waals surface area contributed by atoms with Gasteiger partial charge in [-0.2, -0.15) is 0 Å². The Balaban J connectivity index is 1.86. The molecule has 0 saturated carbocycles. The number of hydrogen-bond donors (Lipinski definition) is 2. The van der Waals surface area contributed by atoms with Gasteiger partial charge in [-0.05, 0) is 25.0 Å². The lowest BCUT2D eigenvalue weighted by atomic mass is 10.1. The van der Waals surface area contributed by atoms with Crippen molar-refractivity contribution in [2.24, 2.45) is 0 Å². The van der Waals surface area contributed by atoms with Crippen molar-refractivity contribution in [1.29, 1.82) is 0 Å². The number of aromatic nitrogens is 3. The van der Waals surface area contributed by atoms with E-state index in [4.69, 9.17) is 0 Å². The number of pyridine rings is 1. The zero-order valence-electron chi connectivity index (χ0n) is 11.0. The van der Waals surface area contributed by atoms with Gasteiger partial charge in [-0.25, -0.2) is 9.97 Å². The van der Waals surface area contributed by atoms with E-state index in [1.54, 1.807) is 18.5 Å². The molecule has 0 radical (unpaired) electrons. The summed E-state index contributed by atoms with van der Waals surface area (Å²) in [6.45, 7) is 1.58. The van der Waals surface area contributed by atoms with Gasteiger partial charge >= 0.3 is 0 Å². The van der Waals surface area contributed by atoms with Crippen LogP contribution in [-0.4, -0.2) is 44.4 Å². The predicted octanol–water partition coefficient (Wildman–Crippen LogP) is 1.21. The third-order valence-electron chi connectivity index (χ3n) is 3.41. The fourth-order valence-electron chi connectivity index (χ4n) is 2.31. The maximum atomic E-state index is 9.54. The summed E-state index contributed by atoms with van der Waals surface area (Å²) in [7, 11) is 0. The lowest BCUT2D eigenvalue weighted by Gasteiger charge is -2.30. The summed E-state index contributed by atoms with van der Waals surface area (Å²) in [6.07, 6.45) is 6.01. The summed E-state index contributed by atoms with van der Waals surface area (Å²) in [4.78, 5) is 14.8. The zero-order chi connectivity index (χ0) is 13.9. The number of anilines is 1. The van der Waals surface area contributed by atoms with Crippen LogP contribution in [-0.2, 0) is 0 Å². The van der Waals surface area contributed by atoms with Gasteiger partial charge in [0.05, 0.1) is 12.3 Å². The quantitative estimate of drug-likeness (QED) is 0.855. The molecule has 20 heavy (non-hydrogen) atoms. The summed E-state index contributed by atoms with van der Waals surface area (Å²) in [5.41, 5.74) is 0.684. The molecule has 1 fully saturated rings. The average molecular weight is 272 g/mol. The Morgan fingerprint density at radius 1 is 1.20 bits per heavy atom. The minimum atomic E-state index is -0.206. The van der Waals surface area contributed by atoms with Crippen molar-refractivity contribution in [2.75, 3.05) is 18.0 Å². The number of piperidine rings is 1. The number of aliphatic hydroxyl groups excluding tert-OH is 1. The SMILES string of the molecule is Oc1cncc(-c2nccc(N3CCC(O)CC3)n2)c1. The number of aliphatic hydroxyl groups is 1. The third kappa shape index (κ3) is 2.70. The van der Waals surface area contributed by atoms with Crippen LogP contribution in [0, 0.1) is 0 Å². The molecule has 3 heterocycles. The summed E-state index contributed by atoms with van der Waals surface area (Å²) in [5, 5.41) is 19.0. The second-order valence-corrected chi connectivity index (χ2v) is 4.89. The van der Waals surface area contributed by atoms with Gasteiger partial charge in [-0.1, -0.05) is 0 Å². The van der Waals surface area contributed by atoms with Crippen LogP contribution >= 0.6 is 0 Å². The van der Waals surface area contributed by atoms with Crippen LogP contribution in [0.2, 0.25) is 0 Å². The maximum absolute atomic E-state index is 9.54. The first-order chi connectivity index (χ1) is 9.72. The van der Waals surface area contributed by atoms with Crippen molar-refractivity contribution in [3.05, 3.63) is 30.7 Å². The Morgan fingerprint density at radius 2 is 2.00 bits per heavy atom. The maximum Gasteiger partial charge on any atom is 0.163 e. The first-order valence-corrected chi connectivity index (χ1v) is 6.63. The molecule has 0 atom stereocenters. The molecule has 2 aromatic rings. The van der Waals surface area contributed by atoms with Gasteiger partial charge in [0.25, 0.3) is 0 Å². The van der Waals surface area contributed by atoms with Crippen molar-refractivity contribution in [2.45, 2.75) is 18.9 Å². The first kappa shape index (κ1) is 12.8. The highest BCUT2D eigenvalue weighted by Crippen LogP contribution is 2.22. The first-order valence-electron chi connectivity index (χ1n) is 6.63. The van der Waals surface area contributed by atoms with Gasteiger partial charge in [0.15, 0.2) is 5.82 Å². The monoisotopic (exact) mass is 272 g/mol. The van der Waals surface area contributed by atoms with E-state index in [0.29, 0.717) is 11.4 Å². The minimum Gasteiger partial charge on any atom is -0.506 e. The van der Waals surface area contributed by atoms with Gasteiger partial charge in [0.1, 0.15) is 11.6 Å². The van der Waals surface area contributed by atoms with E-state index in [9.17, 15) is 10.2 Å². The van der Waals surface area contributed by atoms with E-state index in [2.05, 4.69) is 19.9 Å². The molecule has 3 rings (SSSR count).